The van der Waals surface area contributed by atoms with E-state index in [4.69, 9.17) is 0 Å². The van der Waals surface area contributed by atoms with Crippen molar-refractivity contribution in [2.45, 2.75) is 12.9 Å². The number of halogens is 3. The second-order valence-electron chi connectivity index (χ2n) is 3.51. The maximum Gasteiger partial charge on any atom is 0.573 e. The van der Waals surface area contributed by atoms with Gasteiger partial charge in [0.05, 0.1) is 6.54 Å². The molecule has 2 aromatic rings. The molecule has 5 heteroatoms. The third-order valence-electron chi connectivity index (χ3n) is 2.22. The summed E-state index contributed by atoms with van der Waals surface area (Å²) in [7, 11) is 0. The van der Waals surface area contributed by atoms with Gasteiger partial charge in [-0.2, -0.15) is 0 Å². The first-order chi connectivity index (χ1) is 8.04. The average molecular weight is 241 g/mol. The fraction of sp³-hybridized carbons (Fsp3) is 0.167. The van der Waals surface area contributed by atoms with Crippen LogP contribution in [0.3, 0.4) is 0 Å². The number of aromatic nitrogens is 1. The van der Waals surface area contributed by atoms with Crippen LogP contribution in [0.5, 0.6) is 5.75 Å². The predicted molar refractivity (Wildman–Crippen MR) is 56.7 cm³/mol. The molecule has 0 aliphatic rings. The van der Waals surface area contributed by atoms with Crippen molar-refractivity contribution >= 4 is 0 Å². The molecule has 0 atom stereocenters. The molecular formula is C12H10F3NO. The summed E-state index contributed by atoms with van der Waals surface area (Å²) in [6, 6.07) is 9.75. The van der Waals surface area contributed by atoms with Crippen LogP contribution in [-0.4, -0.2) is 10.9 Å². The lowest BCUT2D eigenvalue weighted by Crippen LogP contribution is -2.18. The maximum absolute atomic E-state index is 12.2. The van der Waals surface area contributed by atoms with Crippen LogP contribution in [0.1, 0.15) is 5.56 Å². The van der Waals surface area contributed by atoms with Crippen LogP contribution in [0.15, 0.2) is 48.8 Å². The third kappa shape index (κ3) is 3.27. The van der Waals surface area contributed by atoms with E-state index in [1.54, 1.807) is 29.1 Å². The van der Waals surface area contributed by atoms with Crippen LogP contribution in [0, 0.1) is 0 Å². The molecule has 1 heterocycles. The summed E-state index contributed by atoms with van der Waals surface area (Å²) in [5.74, 6) is -0.159. The minimum atomic E-state index is -4.66. The summed E-state index contributed by atoms with van der Waals surface area (Å²) in [5.41, 5.74) is 0.487. The Hall–Kier alpha value is -1.91. The number of alkyl halides is 3. The van der Waals surface area contributed by atoms with Crippen molar-refractivity contribution in [1.29, 1.82) is 0 Å². The highest BCUT2D eigenvalue weighted by Gasteiger charge is 2.31. The number of hydrogen-bond donors (Lipinski definition) is 0. The van der Waals surface area contributed by atoms with Crippen LogP contribution in [-0.2, 0) is 6.54 Å². The van der Waals surface area contributed by atoms with Crippen molar-refractivity contribution in [2.24, 2.45) is 0 Å². The smallest absolute Gasteiger partial charge is 0.405 e. The van der Waals surface area contributed by atoms with Gasteiger partial charge in [-0.15, -0.1) is 13.2 Å². The molecule has 2 rings (SSSR count). The molecule has 90 valence electrons. The minimum absolute atomic E-state index is 0.159. The Morgan fingerprint density at radius 1 is 1.00 bits per heavy atom. The summed E-state index contributed by atoms with van der Waals surface area (Å²) >= 11 is 0. The Kier molecular flexibility index (Phi) is 3.08. The monoisotopic (exact) mass is 241 g/mol. The number of benzene rings is 1. The fourth-order valence-corrected chi connectivity index (χ4v) is 1.53. The molecule has 1 aromatic carbocycles. The largest absolute Gasteiger partial charge is 0.573 e. The summed E-state index contributed by atoms with van der Waals surface area (Å²) in [5, 5.41) is 0. The molecule has 0 fully saturated rings. The van der Waals surface area contributed by atoms with Crippen LogP contribution in [0.4, 0.5) is 13.2 Å². The van der Waals surface area contributed by atoms with E-state index in [1.165, 1.54) is 12.1 Å². The number of hydrogen-bond acceptors (Lipinski definition) is 1. The standard InChI is InChI=1S/C12H10F3NO/c13-12(14,15)17-11-6-2-1-5-10(11)9-16-7-3-4-8-16/h1-8H,9H2. The molecule has 17 heavy (non-hydrogen) atoms. The molecule has 0 aliphatic heterocycles. The third-order valence-corrected chi connectivity index (χ3v) is 2.22. The Morgan fingerprint density at radius 2 is 1.65 bits per heavy atom. The van der Waals surface area contributed by atoms with Crippen LogP contribution in [0.25, 0.3) is 0 Å². The van der Waals surface area contributed by atoms with Crippen LogP contribution >= 0.6 is 0 Å². The highest BCUT2D eigenvalue weighted by molar-refractivity contribution is 5.33. The van der Waals surface area contributed by atoms with Gasteiger partial charge in [0.15, 0.2) is 0 Å². The second kappa shape index (κ2) is 4.53. The van der Waals surface area contributed by atoms with Crippen LogP contribution < -0.4 is 4.74 Å². The van der Waals surface area contributed by atoms with Gasteiger partial charge in [0.1, 0.15) is 5.75 Å². The normalized spacial score (nSPS) is 11.5. The Bertz CT molecular complexity index is 477. The molecule has 1 aromatic heterocycles. The Balaban J connectivity index is 2.22. The van der Waals surface area contributed by atoms with Gasteiger partial charge in [-0.3, -0.25) is 0 Å². The lowest BCUT2D eigenvalue weighted by molar-refractivity contribution is -0.274. The molecule has 0 N–H and O–H groups in total. The van der Waals surface area contributed by atoms with Crippen molar-refractivity contribution in [1.82, 2.24) is 4.57 Å². The van der Waals surface area contributed by atoms with Gasteiger partial charge < -0.3 is 9.30 Å². The van der Waals surface area contributed by atoms with E-state index >= 15 is 0 Å². The number of nitrogens with zero attached hydrogens (tertiary/aromatic N) is 1. The summed E-state index contributed by atoms with van der Waals surface area (Å²) in [6.07, 6.45) is -1.10. The highest BCUT2D eigenvalue weighted by atomic mass is 19.4. The Morgan fingerprint density at radius 3 is 2.29 bits per heavy atom. The zero-order chi connectivity index (χ0) is 12.3. The van der Waals surface area contributed by atoms with E-state index in [0.717, 1.165) is 0 Å². The average Bonchev–Trinajstić information content (AvgIpc) is 2.71. The van der Waals surface area contributed by atoms with E-state index in [-0.39, 0.29) is 5.75 Å². The summed E-state index contributed by atoms with van der Waals surface area (Å²) < 4.78 is 42.3. The summed E-state index contributed by atoms with van der Waals surface area (Å²) in [6.45, 7) is 0.346. The molecule has 0 saturated heterocycles. The SMILES string of the molecule is FC(F)(F)Oc1ccccc1Cn1cccc1. The number of ether oxygens (including phenoxy) is 1. The van der Waals surface area contributed by atoms with E-state index in [9.17, 15) is 13.2 Å². The molecule has 0 saturated carbocycles. The molecule has 0 radical (unpaired) electrons. The first-order valence-electron chi connectivity index (χ1n) is 4.99. The van der Waals surface area contributed by atoms with E-state index in [1.807, 2.05) is 12.1 Å². The quantitative estimate of drug-likeness (QED) is 0.802. The van der Waals surface area contributed by atoms with E-state index in [0.29, 0.717) is 12.1 Å². The molecule has 2 nitrogen and oxygen atoms in total. The van der Waals surface area contributed by atoms with Gasteiger partial charge in [0.25, 0.3) is 0 Å². The van der Waals surface area contributed by atoms with Crippen molar-refractivity contribution in [3.05, 3.63) is 54.4 Å². The molecule has 0 amide bonds. The van der Waals surface area contributed by atoms with Crippen molar-refractivity contribution < 1.29 is 17.9 Å². The van der Waals surface area contributed by atoms with E-state index < -0.39 is 6.36 Å². The minimum Gasteiger partial charge on any atom is -0.405 e. The van der Waals surface area contributed by atoms with Crippen molar-refractivity contribution in [2.75, 3.05) is 0 Å². The van der Waals surface area contributed by atoms with E-state index in [2.05, 4.69) is 4.74 Å². The number of rotatable bonds is 3. The van der Waals surface area contributed by atoms with Gasteiger partial charge >= 0.3 is 6.36 Å². The molecule has 0 spiro atoms. The lowest BCUT2D eigenvalue weighted by Gasteiger charge is -2.13. The Labute approximate surface area is 96.2 Å². The van der Waals surface area contributed by atoms with Gasteiger partial charge in [0.2, 0.25) is 0 Å². The maximum atomic E-state index is 12.2. The van der Waals surface area contributed by atoms with Gasteiger partial charge in [0, 0.05) is 18.0 Å². The molecule has 0 bridgehead atoms. The van der Waals surface area contributed by atoms with Gasteiger partial charge in [-0.1, -0.05) is 18.2 Å². The predicted octanol–water partition coefficient (Wildman–Crippen LogP) is 3.44. The van der Waals surface area contributed by atoms with Crippen molar-refractivity contribution in [3.8, 4) is 5.75 Å². The number of para-hydroxylation sites is 1. The fourth-order valence-electron chi connectivity index (χ4n) is 1.53. The lowest BCUT2D eigenvalue weighted by atomic mass is 10.2. The zero-order valence-corrected chi connectivity index (χ0v) is 8.82. The molecule has 0 unspecified atom stereocenters. The van der Waals surface area contributed by atoms with Gasteiger partial charge in [-0.05, 0) is 18.2 Å². The molecular weight excluding hydrogens is 231 g/mol. The molecule has 0 aliphatic carbocycles. The first-order valence-corrected chi connectivity index (χ1v) is 4.99. The van der Waals surface area contributed by atoms with Crippen molar-refractivity contribution in [3.63, 3.8) is 0 Å². The first kappa shape index (κ1) is 11.6. The van der Waals surface area contributed by atoms with Crippen LogP contribution in [0.2, 0.25) is 0 Å². The second-order valence-corrected chi connectivity index (χ2v) is 3.51. The zero-order valence-electron chi connectivity index (χ0n) is 8.82. The van der Waals surface area contributed by atoms with Gasteiger partial charge in [-0.25, -0.2) is 0 Å². The highest BCUT2D eigenvalue weighted by Crippen LogP contribution is 2.26. The summed E-state index contributed by atoms with van der Waals surface area (Å²) in [4.78, 5) is 0. The topological polar surface area (TPSA) is 14.2 Å².